The van der Waals surface area contributed by atoms with Crippen molar-refractivity contribution in [1.29, 1.82) is 0 Å². The van der Waals surface area contributed by atoms with Crippen molar-refractivity contribution in [2.24, 2.45) is 11.3 Å². The highest BCUT2D eigenvalue weighted by Gasteiger charge is 2.55. The van der Waals surface area contributed by atoms with Gasteiger partial charge < -0.3 is 15.2 Å². The number of carboxylic acid groups (broad SMARTS) is 1. The number of amides is 1. The second-order valence-corrected chi connectivity index (χ2v) is 7.35. The van der Waals surface area contributed by atoms with Crippen molar-refractivity contribution < 1.29 is 19.4 Å². The molecule has 1 aliphatic carbocycles. The normalized spacial score (nSPS) is 29.9. The van der Waals surface area contributed by atoms with Crippen LogP contribution in [0.5, 0.6) is 0 Å². The molecule has 0 bridgehead atoms. The molecule has 0 saturated heterocycles. The van der Waals surface area contributed by atoms with Gasteiger partial charge in [-0.15, -0.1) is 0 Å². The van der Waals surface area contributed by atoms with E-state index < -0.39 is 23.2 Å². The average molecular weight is 271 g/mol. The number of rotatable bonds is 2. The third-order valence-electron chi connectivity index (χ3n) is 3.56. The van der Waals surface area contributed by atoms with Crippen LogP contribution in [0, 0.1) is 11.3 Å². The number of carbonyl (C=O) groups excluding carboxylic acids is 1. The largest absolute Gasteiger partial charge is 0.479 e. The second-order valence-electron chi connectivity index (χ2n) is 7.35. The monoisotopic (exact) mass is 271 g/mol. The molecule has 0 aromatic heterocycles. The summed E-state index contributed by atoms with van der Waals surface area (Å²) in [7, 11) is 0. The highest BCUT2D eigenvalue weighted by Crippen LogP contribution is 2.47. The SMILES string of the molecule is CC1CC(C)(C)CC1(NC(=O)OC(C)(C)C)C(=O)O. The van der Waals surface area contributed by atoms with Crippen LogP contribution in [0.25, 0.3) is 0 Å². The first-order valence-corrected chi connectivity index (χ1v) is 6.63. The van der Waals surface area contributed by atoms with E-state index in [-0.39, 0.29) is 11.3 Å². The Bertz CT molecular complexity index is 383. The molecule has 110 valence electrons. The van der Waals surface area contributed by atoms with E-state index in [0.717, 1.165) is 6.42 Å². The van der Waals surface area contributed by atoms with E-state index in [9.17, 15) is 14.7 Å². The smallest absolute Gasteiger partial charge is 0.408 e. The summed E-state index contributed by atoms with van der Waals surface area (Å²) in [5.74, 6) is -1.12. The topological polar surface area (TPSA) is 75.6 Å². The van der Waals surface area contributed by atoms with Gasteiger partial charge >= 0.3 is 12.1 Å². The number of hydrogen-bond donors (Lipinski definition) is 2. The molecule has 0 aliphatic heterocycles. The van der Waals surface area contributed by atoms with E-state index >= 15 is 0 Å². The minimum Gasteiger partial charge on any atom is -0.479 e. The van der Waals surface area contributed by atoms with Gasteiger partial charge in [0, 0.05) is 0 Å². The molecule has 0 radical (unpaired) electrons. The predicted molar refractivity (Wildman–Crippen MR) is 71.9 cm³/mol. The molecule has 1 saturated carbocycles. The molecule has 0 aromatic rings. The summed E-state index contributed by atoms with van der Waals surface area (Å²) in [4.78, 5) is 23.5. The van der Waals surface area contributed by atoms with Crippen LogP contribution in [0.15, 0.2) is 0 Å². The van der Waals surface area contributed by atoms with Crippen molar-refractivity contribution in [3.05, 3.63) is 0 Å². The summed E-state index contributed by atoms with van der Waals surface area (Å²) in [6.07, 6.45) is 0.504. The molecule has 2 N–H and O–H groups in total. The maximum absolute atomic E-state index is 11.9. The van der Waals surface area contributed by atoms with Crippen LogP contribution in [0.3, 0.4) is 0 Å². The van der Waals surface area contributed by atoms with Crippen LogP contribution in [0.2, 0.25) is 0 Å². The molecule has 5 heteroatoms. The lowest BCUT2D eigenvalue weighted by Gasteiger charge is -2.32. The first-order valence-electron chi connectivity index (χ1n) is 6.63. The van der Waals surface area contributed by atoms with E-state index in [0.29, 0.717) is 6.42 Å². The fourth-order valence-electron chi connectivity index (χ4n) is 3.00. The first kappa shape index (κ1) is 15.8. The number of carbonyl (C=O) groups is 2. The van der Waals surface area contributed by atoms with Crippen LogP contribution in [-0.2, 0) is 9.53 Å². The number of aliphatic carboxylic acids is 1. The van der Waals surface area contributed by atoms with Crippen LogP contribution >= 0.6 is 0 Å². The van der Waals surface area contributed by atoms with Gasteiger partial charge in [0.15, 0.2) is 0 Å². The average Bonchev–Trinajstić information content (AvgIpc) is 2.33. The molecular formula is C14H25NO4. The summed E-state index contributed by atoms with van der Waals surface area (Å²) in [5, 5.41) is 12.1. The maximum atomic E-state index is 11.9. The molecule has 1 rings (SSSR count). The minimum atomic E-state index is -1.23. The predicted octanol–water partition coefficient (Wildman–Crippen LogP) is 2.79. The third-order valence-corrected chi connectivity index (χ3v) is 3.56. The Hall–Kier alpha value is -1.26. The number of hydrogen-bond acceptors (Lipinski definition) is 3. The van der Waals surface area contributed by atoms with Crippen molar-refractivity contribution in [1.82, 2.24) is 5.32 Å². The van der Waals surface area contributed by atoms with Gasteiger partial charge in [0.25, 0.3) is 0 Å². The van der Waals surface area contributed by atoms with E-state index in [1.165, 1.54) is 0 Å². The number of nitrogens with one attached hydrogen (secondary N) is 1. The Kier molecular flexibility index (Phi) is 3.90. The molecule has 19 heavy (non-hydrogen) atoms. The van der Waals surface area contributed by atoms with Gasteiger partial charge in [0.2, 0.25) is 0 Å². The Morgan fingerprint density at radius 1 is 1.32 bits per heavy atom. The van der Waals surface area contributed by atoms with E-state index in [1.54, 1.807) is 20.8 Å². The molecule has 0 heterocycles. The summed E-state index contributed by atoms with van der Waals surface area (Å²) in [6, 6.07) is 0. The summed E-state index contributed by atoms with van der Waals surface area (Å²) in [5.41, 5.74) is -1.97. The molecule has 1 fully saturated rings. The van der Waals surface area contributed by atoms with Crippen molar-refractivity contribution in [2.75, 3.05) is 0 Å². The van der Waals surface area contributed by atoms with E-state index in [1.807, 2.05) is 20.8 Å². The molecule has 2 atom stereocenters. The van der Waals surface area contributed by atoms with Gasteiger partial charge in [0.1, 0.15) is 11.1 Å². The fourth-order valence-corrected chi connectivity index (χ4v) is 3.00. The van der Waals surface area contributed by atoms with Crippen molar-refractivity contribution >= 4 is 12.1 Å². The van der Waals surface area contributed by atoms with Crippen molar-refractivity contribution in [3.8, 4) is 0 Å². The number of ether oxygens (including phenoxy) is 1. The van der Waals surface area contributed by atoms with Gasteiger partial charge in [-0.05, 0) is 44.9 Å². The van der Waals surface area contributed by atoms with Gasteiger partial charge in [0.05, 0.1) is 0 Å². The molecule has 5 nitrogen and oxygen atoms in total. The number of alkyl carbamates (subject to hydrolysis) is 1. The van der Waals surface area contributed by atoms with Gasteiger partial charge in [-0.2, -0.15) is 0 Å². The zero-order valence-corrected chi connectivity index (χ0v) is 12.7. The lowest BCUT2D eigenvalue weighted by Crippen LogP contribution is -2.57. The summed E-state index contributed by atoms with van der Waals surface area (Å²) < 4.78 is 5.18. The standard InChI is InChI=1S/C14H25NO4/c1-9-7-13(5,6)8-14(9,10(16)17)15-11(18)19-12(2,3)4/h9H,7-8H2,1-6H3,(H,15,18)(H,16,17). The Labute approximate surface area is 114 Å². The van der Waals surface area contributed by atoms with E-state index in [4.69, 9.17) is 4.74 Å². The zero-order chi connectivity index (χ0) is 15.1. The summed E-state index contributed by atoms with van der Waals surface area (Å²) in [6.45, 7) is 11.2. The van der Waals surface area contributed by atoms with Gasteiger partial charge in [-0.1, -0.05) is 20.8 Å². The Morgan fingerprint density at radius 2 is 1.84 bits per heavy atom. The van der Waals surface area contributed by atoms with Crippen molar-refractivity contribution in [2.45, 2.75) is 65.5 Å². The van der Waals surface area contributed by atoms with E-state index in [2.05, 4.69) is 5.32 Å². The molecule has 0 aromatic carbocycles. The quantitative estimate of drug-likeness (QED) is 0.809. The van der Waals surface area contributed by atoms with Crippen LogP contribution < -0.4 is 5.32 Å². The van der Waals surface area contributed by atoms with Crippen LogP contribution in [-0.4, -0.2) is 28.3 Å². The Balaban J connectivity index is 2.91. The summed E-state index contributed by atoms with van der Waals surface area (Å²) >= 11 is 0. The van der Waals surface area contributed by atoms with Gasteiger partial charge in [-0.3, -0.25) is 0 Å². The zero-order valence-electron chi connectivity index (χ0n) is 12.7. The van der Waals surface area contributed by atoms with Crippen LogP contribution in [0.4, 0.5) is 4.79 Å². The highest BCUT2D eigenvalue weighted by atomic mass is 16.6. The lowest BCUT2D eigenvalue weighted by molar-refractivity contribution is -0.146. The first-order chi connectivity index (χ1) is 8.38. The maximum Gasteiger partial charge on any atom is 0.408 e. The second kappa shape index (κ2) is 4.69. The van der Waals surface area contributed by atoms with Crippen molar-refractivity contribution in [3.63, 3.8) is 0 Å². The number of carboxylic acids is 1. The molecule has 2 unspecified atom stereocenters. The molecule has 0 spiro atoms. The van der Waals surface area contributed by atoms with Crippen LogP contribution in [0.1, 0.15) is 54.4 Å². The lowest BCUT2D eigenvalue weighted by atomic mass is 9.86. The molecule has 1 aliphatic rings. The fraction of sp³-hybridized carbons (Fsp3) is 0.857. The minimum absolute atomic E-state index is 0.104. The molecule has 1 amide bonds. The highest BCUT2D eigenvalue weighted by molar-refractivity contribution is 5.85. The third kappa shape index (κ3) is 3.61. The van der Waals surface area contributed by atoms with Gasteiger partial charge in [-0.25, -0.2) is 9.59 Å². The Morgan fingerprint density at radius 3 is 2.16 bits per heavy atom. The molecular weight excluding hydrogens is 246 g/mol.